The van der Waals surface area contributed by atoms with Crippen molar-refractivity contribution in [1.82, 2.24) is 0 Å². The molecule has 0 aromatic carbocycles. The summed E-state index contributed by atoms with van der Waals surface area (Å²) >= 11 is -2.33. The molecular formula is C3AuCaN3. The molecule has 0 aliphatic heterocycles. The van der Waals surface area contributed by atoms with Crippen molar-refractivity contribution in [2.75, 3.05) is 0 Å². The molecule has 5 heteroatoms. The molecule has 0 amide bonds. The van der Waals surface area contributed by atoms with Crippen molar-refractivity contribution in [3.63, 3.8) is 0 Å². The summed E-state index contributed by atoms with van der Waals surface area (Å²) in [7, 11) is 0. The smallest absolute Gasteiger partial charge is 0 e. The van der Waals surface area contributed by atoms with Gasteiger partial charge in [-0.3, -0.25) is 0 Å². The molecule has 0 atom stereocenters. The van der Waals surface area contributed by atoms with Gasteiger partial charge in [-0.2, -0.15) is 0 Å². The van der Waals surface area contributed by atoms with Crippen LogP contribution in [0.15, 0.2) is 0 Å². The van der Waals surface area contributed by atoms with Crippen LogP contribution in [0.4, 0.5) is 0 Å². The fraction of sp³-hybridized carbons (Fsp3) is 0. The third-order valence-electron chi connectivity index (χ3n) is 0.202. The molecule has 0 aromatic rings. The Hall–Kier alpha value is 0.470. The van der Waals surface area contributed by atoms with E-state index in [1.807, 2.05) is 0 Å². The van der Waals surface area contributed by atoms with Crippen LogP contribution in [0.3, 0.4) is 0 Å². The van der Waals surface area contributed by atoms with E-state index in [0.717, 1.165) is 0 Å². The molecule has 0 N–H and O–H groups in total. The SMILES string of the molecule is N#[C][Au]([C]#N)[C]#N.[Ca]. The van der Waals surface area contributed by atoms with Gasteiger partial charge in [0.25, 0.3) is 0 Å². The van der Waals surface area contributed by atoms with Crippen LogP contribution in [-0.2, 0) is 18.4 Å². The minimum absolute atomic E-state index is 0. The van der Waals surface area contributed by atoms with Gasteiger partial charge in [-0.1, -0.05) is 0 Å². The zero-order valence-electron chi connectivity index (χ0n) is 3.85. The molecule has 0 spiro atoms. The molecule has 0 fully saturated rings. The molecule has 0 aliphatic carbocycles. The van der Waals surface area contributed by atoms with Crippen LogP contribution in [0.25, 0.3) is 0 Å². The molecule has 0 unspecified atom stereocenters. The molecular weight excluding hydrogens is 315 g/mol. The van der Waals surface area contributed by atoms with Crippen molar-refractivity contribution in [2.24, 2.45) is 0 Å². The minimum Gasteiger partial charge on any atom is 0 e. The fourth-order valence-electron chi connectivity index (χ4n) is 0.0452. The van der Waals surface area contributed by atoms with Crippen LogP contribution in [0.1, 0.15) is 0 Å². The van der Waals surface area contributed by atoms with Gasteiger partial charge in [0.1, 0.15) is 0 Å². The van der Waals surface area contributed by atoms with E-state index in [2.05, 4.69) is 0 Å². The molecule has 8 heavy (non-hydrogen) atoms. The Morgan fingerprint density at radius 3 is 1.12 bits per heavy atom. The maximum atomic E-state index is 7.90. The second-order valence-corrected chi connectivity index (χ2v) is 3.51. The van der Waals surface area contributed by atoms with Crippen LogP contribution < -0.4 is 0 Å². The Balaban J connectivity index is 0. The largest absolute Gasteiger partial charge is 0 e. The van der Waals surface area contributed by atoms with Crippen LogP contribution >= 0.6 is 0 Å². The maximum absolute atomic E-state index is 7.90. The third-order valence-corrected chi connectivity index (χ3v) is 1.66. The summed E-state index contributed by atoms with van der Waals surface area (Å²) in [6.45, 7) is 0. The molecule has 2 radical (unpaired) electrons. The number of nitrogens with zero attached hydrogens (tertiary/aromatic N) is 3. The van der Waals surface area contributed by atoms with Gasteiger partial charge in [-0.05, 0) is 0 Å². The summed E-state index contributed by atoms with van der Waals surface area (Å²) < 4.78 is 4.88. The van der Waals surface area contributed by atoms with E-state index in [1.165, 1.54) is 0 Å². The van der Waals surface area contributed by atoms with Crippen LogP contribution in [0.5, 0.6) is 0 Å². The molecule has 0 aliphatic rings. The first-order valence-corrected chi connectivity index (χ1v) is 4.37. The molecule has 0 aromatic heterocycles. The maximum Gasteiger partial charge on any atom is 0 e. The predicted molar refractivity (Wildman–Crippen MR) is 22.6 cm³/mol. The van der Waals surface area contributed by atoms with Gasteiger partial charge < -0.3 is 0 Å². The summed E-state index contributed by atoms with van der Waals surface area (Å²) in [6.07, 6.45) is 0. The van der Waals surface area contributed by atoms with E-state index in [0.29, 0.717) is 0 Å². The normalized spacial score (nSPS) is 6.38. The van der Waals surface area contributed by atoms with Crippen molar-refractivity contribution >= 4 is 37.7 Å². The van der Waals surface area contributed by atoms with E-state index in [4.69, 9.17) is 15.8 Å². The first-order valence-electron chi connectivity index (χ1n) is 1.12. The summed E-state index contributed by atoms with van der Waals surface area (Å²) in [5.41, 5.74) is 0. The quantitative estimate of drug-likeness (QED) is 0.575. The molecule has 40 valence electrons. The van der Waals surface area contributed by atoms with Crippen molar-refractivity contribution in [3.05, 3.63) is 0 Å². The van der Waals surface area contributed by atoms with Crippen LogP contribution in [0.2, 0.25) is 0 Å². The first kappa shape index (κ1) is 11.3. The summed E-state index contributed by atoms with van der Waals surface area (Å²) in [4.78, 5) is 0. The van der Waals surface area contributed by atoms with Gasteiger partial charge in [0.15, 0.2) is 0 Å². The van der Waals surface area contributed by atoms with Gasteiger partial charge >= 0.3 is 47.1 Å². The van der Waals surface area contributed by atoms with Crippen LogP contribution in [-0.4, -0.2) is 37.7 Å². The van der Waals surface area contributed by atoms with Gasteiger partial charge in [0.2, 0.25) is 0 Å². The fourth-order valence-corrected chi connectivity index (χ4v) is 0.370. The number of rotatable bonds is 0. The molecule has 3 nitrogen and oxygen atoms in total. The minimum atomic E-state index is -2.33. The Morgan fingerprint density at radius 1 is 0.875 bits per heavy atom. The van der Waals surface area contributed by atoms with Gasteiger partial charge in [-0.25, -0.2) is 0 Å². The Bertz CT molecular complexity index is 137. The average molecular weight is 315 g/mol. The zero-order chi connectivity index (χ0) is 5.70. The predicted octanol–water partition coefficient (Wildman–Crippen LogP) is -0.333. The molecule has 0 saturated carbocycles. The Kier molecular flexibility index (Phi) is 10.5. The number of hydrogen-bond donors (Lipinski definition) is 0. The summed E-state index contributed by atoms with van der Waals surface area (Å²) in [6, 6.07) is 0. The summed E-state index contributed by atoms with van der Waals surface area (Å²) in [5, 5.41) is 23.7. The molecule has 0 heterocycles. The van der Waals surface area contributed by atoms with Gasteiger partial charge in [0, 0.05) is 37.7 Å². The number of nitriles is 3. The van der Waals surface area contributed by atoms with Gasteiger partial charge in [0.05, 0.1) is 0 Å². The molecule has 0 bridgehead atoms. The average Bonchev–Trinajstić information content (AvgIpc) is 1.72. The van der Waals surface area contributed by atoms with E-state index in [1.54, 1.807) is 12.9 Å². The number of hydrogen-bond acceptors (Lipinski definition) is 3. The standard InChI is InChI=1S/3CN.Au.Ca/c3*1-2;;. The second kappa shape index (κ2) is 7.47. The topological polar surface area (TPSA) is 71.4 Å². The Labute approximate surface area is 83.6 Å². The summed E-state index contributed by atoms with van der Waals surface area (Å²) in [5.74, 6) is 0. The van der Waals surface area contributed by atoms with E-state index >= 15 is 0 Å². The molecule has 0 rings (SSSR count). The van der Waals surface area contributed by atoms with Crippen LogP contribution in [0, 0.1) is 28.6 Å². The first-order chi connectivity index (χ1) is 3.35. The van der Waals surface area contributed by atoms with E-state index < -0.39 is 18.4 Å². The molecule has 0 saturated heterocycles. The second-order valence-electron chi connectivity index (χ2n) is 0.428. The monoisotopic (exact) mass is 315 g/mol. The van der Waals surface area contributed by atoms with Crippen molar-refractivity contribution in [1.29, 1.82) is 15.8 Å². The van der Waals surface area contributed by atoms with Crippen molar-refractivity contribution in [2.45, 2.75) is 0 Å². The van der Waals surface area contributed by atoms with E-state index in [-0.39, 0.29) is 37.7 Å². The van der Waals surface area contributed by atoms with Crippen molar-refractivity contribution in [3.8, 4) is 12.9 Å². The zero-order valence-corrected chi connectivity index (χ0v) is 8.23. The third kappa shape index (κ3) is 4.62. The Morgan fingerprint density at radius 2 is 1.12 bits per heavy atom. The van der Waals surface area contributed by atoms with Crippen molar-refractivity contribution < 1.29 is 18.4 Å². The van der Waals surface area contributed by atoms with Gasteiger partial charge in [-0.15, -0.1) is 0 Å². The van der Waals surface area contributed by atoms with E-state index in [9.17, 15) is 0 Å².